The largest absolute Gasteiger partial charge is 0.268 e. The smallest absolute Gasteiger partial charge is 0.157 e. The highest BCUT2D eigenvalue weighted by molar-refractivity contribution is 5.64. The molecule has 3 heterocycles. The maximum atomic E-state index is 13.5. The van der Waals surface area contributed by atoms with Crippen molar-refractivity contribution in [3.05, 3.63) is 76.9 Å². The molecule has 0 saturated heterocycles. The van der Waals surface area contributed by atoms with Crippen molar-refractivity contribution in [1.29, 1.82) is 0 Å². The topological polar surface area (TPSA) is 61.4 Å². The quantitative estimate of drug-likeness (QED) is 0.391. The lowest BCUT2D eigenvalue weighted by atomic mass is 9.85. The maximum absolute atomic E-state index is 13.5. The second-order valence-corrected chi connectivity index (χ2v) is 9.00. The Labute approximate surface area is 193 Å². The van der Waals surface area contributed by atoms with E-state index in [0.717, 1.165) is 47.1 Å². The minimum atomic E-state index is -0.233. The fraction of sp³-hybridized carbons (Fsp3) is 0.385. The van der Waals surface area contributed by atoms with Gasteiger partial charge in [-0.3, -0.25) is 4.68 Å². The number of aromatic nitrogens is 6. The summed E-state index contributed by atoms with van der Waals surface area (Å²) in [6.07, 6.45) is 6.93. The second kappa shape index (κ2) is 8.89. The first-order valence-corrected chi connectivity index (χ1v) is 11.7. The van der Waals surface area contributed by atoms with E-state index in [2.05, 4.69) is 26.7 Å². The summed E-state index contributed by atoms with van der Waals surface area (Å²) in [6.45, 7) is 7.08. The number of nitrogens with zero attached hydrogens (tertiary/aromatic N) is 6. The van der Waals surface area contributed by atoms with Crippen molar-refractivity contribution in [2.24, 2.45) is 5.92 Å². The normalized spacial score (nSPS) is 13.9. The van der Waals surface area contributed by atoms with Crippen molar-refractivity contribution in [3.63, 3.8) is 0 Å². The van der Waals surface area contributed by atoms with E-state index in [-0.39, 0.29) is 5.82 Å². The predicted molar refractivity (Wildman–Crippen MR) is 126 cm³/mol. The van der Waals surface area contributed by atoms with Crippen LogP contribution in [0, 0.1) is 25.6 Å². The molecule has 7 heteroatoms. The highest BCUT2D eigenvalue weighted by Gasteiger charge is 2.24. The molecule has 1 aromatic carbocycles. The molecule has 1 saturated carbocycles. The molecule has 170 valence electrons. The molecule has 4 aromatic rings. The molecule has 0 aliphatic heterocycles. The van der Waals surface area contributed by atoms with Crippen LogP contribution in [0.4, 0.5) is 4.39 Å². The van der Waals surface area contributed by atoms with Gasteiger partial charge in [0.15, 0.2) is 5.82 Å². The summed E-state index contributed by atoms with van der Waals surface area (Å²) >= 11 is 0. The van der Waals surface area contributed by atoms with Gasteiger partial charge in [-0.25, -0.2) is 19.0 Å². The Morgan fingerprint density at radius 3 is 2.45 bits per heavy atom. The first-order valence-electron chi connectivity index (χ1n) is 11.7. The minimum absolute atomic E-state index is 0.233. The molecule has 0 atom stereocenters. The maximum Gasteiger partial charge on any atom is 0.157 e. The second-order valence-electron chi connectivity index (χ2n) is 9.00. The van der Waals surface area contributed by atoms with Crippen molar-refractivity contribution in [3.8, 4) is 17.1 Å². The van der Waals surface area contributed by atoms with Crippen LogP contribution in [0.3, 0.4) is 0 Å². The summed E-state index contributed by atoms with van der Waals surface area (Å²) in [7, 11) is 0. The van der Waals surface area contributed by atoms with E-state index >= 15 is 0 Å². The Morgan fingerprint density at radius 2 is 1.82 bits per heavy atom. The van der Waals surface area contributed by atoms with Crippen molar-refractivity contribution in [2.75, 3.05) is 0 Å². The number of aryl methyl sites for hydroxylation is 2. The standard InChI is InChI=1S/C26H29FN6/c1-4-23-24(13-22-14-25(29-16-28-22)33-18(3)12-17(2)30-33)32(15-19-6-5-7-19)31-26(23)20-8-10-21(27)11-9-20/h8-12,14,16,19H,4-7,13,15H2,1-3H3. The fourth-order valence-corrected chi connectivity index (χ4v) is 4.64. The molecule has 3 aromatic heterocycles. The Kier molecular flexibility index (Phi) is 5.79. The third-order valence-corrected chi connectivity index (χ3v) is 6.58. The first kappa shape index (κ1) is 21.5. The van der Waals surface area contributed by atoms with Crippen molar-refractivity contribution >= 4 is 0 Å². The number of halogens is 1. The summed E-state index contributed by atoms with van der Waals surface area (Å²) < 4.78 is 17.6. The van der Waals surface area contributed by atoms with Gasteiger partial charge in [0.05, 0.1) is 17.1 Å². The highest BCUT2D eigenvalue weighted by Crippen LogP contribution is 2.32. The van der Waals surface area contributed by atoms with Crippen LogP contribution in [0.1, 0.15) is 54.5 Å². The molecule has 0 unspecified atom stereocenters. The van der Waals surface area contributed by atoms with Crippen LogP contribution in [0.25, 0.3) is 17.1 Å². The van der Waals surface area contributed by atoms with Gasteiger partial charge >= 0.3 is 0 Å². The molecule has 1 aliphatic rings. The van der Waals surface area contributed by atoms with Crippen molar-refractivity contribution in [1.82, 2.24) is 29.5 Å². The lowest BCUT2D eigenvalue weighted by Gasteiger charge is -2.26. The van der Waals surface area contributed by atoms with Gasteiger partial charge in [-0.15, -0.1) is 0 Å². The van der Waals surface area contributed by atoms with Gasteiger partial charge < -0.3 is 0 Å². The molecule has 6 nitrogen and oxygen atoms in total. The zero-order chi connectivity index (χ0) is 22.9. The summed E-state index contributed by atoms with van der Waals surface area (Å²) in [5.41, 5.74) is 7.22. The van der Waals surface area contributed by atoms with Crippen LogP contribution in [0.2, 0.25) is 0 Å². The van der Waals surface area contributed by atoms with Crippen LogP contribution in [-0.2, 0) is 19.4 Å². The average Bonchev–Trinajstić information content (AvgIpc) is 3.30. The Balaban J connectivity index is 1.54. The van der Waals surface area contributed by atoms with Crippen LogP contribution in [0.5, 0.6) is 0 Å². The molecule has 5 rings (SSSR count). The zero-order valence-electron chi connectivity index (χ0n) is 19.4. The molecule has 0 bridgehead atoms. The third-order valence-electron chi connectivity index (χ3n) is 6.58. The molecule has 1 aliphatic carbocycles. The number of rotatable bonds is 7. The third kappa shape index (κ3) is 4.32. The van der Waals surface area contributed by atoms with Gasteiger partial charge in [0.2, 0.25) is 0 Å². The molecule has 33 heavy (non-hydrogen) atoms. The van der Waals surface area contributed by atoms with Gasteiger partial charge in [-0.1, -0.05) is 13.3 Å². The molecule has 1 fully saturated rings. The Hall–Kier alpha value is -3.35. The molecule has 0 N–H and O–H groups in total. The van der Waals surface area contributed by atoms with E-state index < -0.39 is 0 Å². The van der Waals surface area contributed by atoms with Crippen LogP contribution in [0.15, 0.2) is 42.7 Å². The SMILES string of the molecule is CCc1c(-c2ccc(F)cc2)nn(CC2CCC2)c1Cc1cc(-n2nc(C)cc2C)ncn1. The Bertz CT molecular complexity index is 1270. The summed E-state index contributed by atoms with van der Waals surface area (Å²) in [4.78, 5) is 9.03. The highest BCUT2D eigenvalue weighted by atomic mass is 19.1. The summed E-state index contributed by atoms with van der Waals surface area (Å²) in [5.74, 6) is 1.21. The van der Waals surface area contributed by atoms with Crippen LogP contribution in [-0.4, -0.2) is 29.5 Å². The van der Waals surface area contributed by atoms with E-state index in [9.17, 15) is 4.39 Å². The monoisotopic (exact) mass is 444 g/mol. The Morgan fingerprint density at radius 1 is 1.03 bits per heavy atom. The van der Waals surface area contributed by atoms with E-state index in [1.54, 1.807) is 6.33 Å². The number of hydrogen-bond donors (Lipinski definition) is 0. The number of benzene rings is 1. The van der Waals surface area contributed by atoms with Gasteiger partial charge in [-0.05, 0) is 69.4 Å². The summed E-state index contributed by atoms with van der Waals surface area (Å²) in [6, 6.07) is 10.7. The first-order chi connectivity index (χ1) is 16.0. The van der Waals surface area contributed by atoms with Gasteiger partial charge in [-0.2, -0.15) is 10.2 Å². The molecular weight excluding hydrogens is 415 g/mol. The molecule has 0 amide bonds. The van der Waals surface area contributed by atoms with Crippen LogP contribution >= 0.6 is 0 Å². The van der Waals surface area contributed by atoms with E-state index in [0.29, 0.717) is 12.3 Å². The summed E-state index contributed by atoms with van der Waals surface area (Å²) in [5, 5.41) is 9.60. The van der Waals surface area contributed by atoms with E-state index in [1.165, 1.54) is 42.7 Å². The number of hydrogen-bond acceptors (Lipinski definition) is 4. The fourth-order valence-electron chi connectivity index (χ4n) is 4.64. The lowest BCUT2D eigenvalue weighted by Crippen LogP contribution is -2.20. The van der Waals surface area contributed by atoms with Crippen molar-refractivity contribution in [2.45, 2.75) is 59.4 Å². The van der Waals surface area contributed by atoms with Gasteiger partial charge in [0.1, 0.15) is 12.1 Å². The van der Waals surface area contributed by atoms with E-state index in [1.807, 2.05) is 42.8 Å². The molecule has 0 spiro atoms. The van der Waals surface area contributed by atoms with E-state index in [4.69, 9.17) is 5.10 Å². The average molecular weight is 445 g/mol. The van der Waals surface area contributed by atoms with Gasteiger partial charge in [0.25, 0.3) is 0 Å². The van der Waals surface area contributed by atoms with Crippen molar-refractivity contribution < 1.29 is 4.39 Å². The van der Waals surface area contributed by atoms with Crippen LogP contribution < -0.4 is 0 Å². The predicted octanol–water partition coefficient (Wildman–Crippen LogP) is 5.24. The molecular formula is C26H29FN6. The minimum Gasteiger partial charge on any atom is -0.268 e. The lowest BCUT2D eigenvalue weighted by molar-refractivity contribution is 0.264. The van der Waals surface area contributed by atoms with Gasteiger partial charge in [0, 0.05) is 41.5 Å². The zero-order valence-corrected chi connectivity index (χ0v) is 19.4. The molecule has 0 radical (unpaired) electrons.